The third-order valence-electron chi connectivity index (χ3n) is 4.06. The Labute approximate surface area is 144 Å². The van der Waals surface area contributed by atoms with Gasteiger partial charge in [0.25, 0.3) is 0 Å². The summed E-state index contributed by atoms with van der Waals surface area (Å²) < 4.78 is 46.6. The van der Waals surface area contributed by atoms with Gasteiger partial charge in [0.2, 0.25) is 0 Å². The van der Waals surface area contributed by atoms with Crippen molar-refractivity contribution in [1.29, 1.82) is 0 Å². The van der Waals surface area contributed by atoms with E-state index in [1.807, 2.05) is 49.6 Å². The van der Waals surface area contributed by atoms with Crippen molar-refractivity contribution in [2.45, 2.75) is 39.6 Å². The molecule has 0 fully saturated rings. The van der Waals surface area contributed by atoms with Crippen LogP contribution >= 0.6 is 0 Å². The maximum atomic E-state index is 12.9. The Hall–Kier alpha value is -2.50. The van der Waals surface area contributed by atoms with E-state index in [1.165, 1.54) is 6.07 Å². The summed E-state index contributed by atoms with van der Waals surface area (Å²) in [6.45, 7) is 6.07. The number of ether oxygens (including phenoxy) is 1. The normalized spacial score (nSPS) is 12.1. The second-order valence-corrected chi connectivity index (χ2v) is 6.25. The standard InChI is InChI=1S/C19H19F3N2O/c1-12(2)24-16-9-8-14(19(20,21)22)10-15(16)23-18(24)11-25-17-7-5-4-6-13(17)3/h4-10,12H,11H2,1-3H3. The van der Waals surface area contributed by atoms with Crippen LogP contribution in [0.3, 0.4) is 0 Å². The lowest BCUT2D eigenvalue weighted by Crippen LogP contribution is -2.09. The van der Waals surface area contributed by atoms with Gasteiger partial charge >= 0.3 is 6.18 Å². The lowest BCUT2D eigenvalue weighted by molar-refractivity contribution is -0.137. The molecule has 0 amide bonds. The van der Waals surface area contributed by atoms with Gasteiger partial charge in [0.05, 0.1) is 16.6 Å². The predicted octanol–water partition coefficient (Wildman–Crippen LogP) is 5.52. The topological polar surface area (TPSA) is 27.1 Å². The van der Waals surface area contributed by atoms with Gasteiger partial charge in [0.1, 0.15) is 18.2 Å². The zero-order chi connectivity index (χ0) is 18.2. The van der Waals surface area contributed by atoms with Gasteiger partial charge < -0.3 is 9.30 Å². The molecular weight excluding hydrogens is 329 g/mol. The number of imidazole rings is 1. The van der Waals surface area contributed by atoms with Crippen LogP contribution in [0, 0.1) is 6.92 Å². The second-order valence-electron chi connectivity index (χ2n) is 6.25. The molecule has 1 heterocycles. The molecule has 0 bridgehead atoms. The second kappa shape index (κ2) is 6.43. The van der Waals surface area contributed by atoms with Crippen LogP contribution in [0.5, 0.6) is 5.75 Å². The average molecular weight is 348 g/mol. The van der Waals surface area contributed by atoms with Crippen LogP contribution in [0.1, 0.15) is 36.8 Å². The SMILES string of the molecule is Cc1ccccc1OCc1nc2cc(C(F)(F)F)ccc2n1C(C)C. The Kier molecular flexibility index (Phi) is 4.45. The van der Waals surface area contributed by atoms with E-state index in [0.717, 1.165) is 23.4 Å². The Balaban J connectivity index is 1.99. The Bertz CT molecular complexity index is 897. The molecule has 25 heavy (non-hydrogen) atoms. The molecule has 132 valence electrons. The van der Waals surface area contributed by atoms with Gasteiger partial charge in [-0.15, -0.1) is 0 Å². The van der Waals surface area contributed by atoms with E-state index >= 15 is 0 Å². The van der Waals surface area contributed by atoms with Crippen LogP contribution in [-0.2, 0) is 12.8 Å². The zero-order valence-electron chi connectivity index (χ0n) is 14.3. The van der Waals surface area contributed by atoms with Crippen LogP contribution < -0.4 is 4.74 Å². The fourth-order valence-electron chi connectivity index (χ4n) is 2.86. The number of fused-ring (bicyclic) bond motifs is 1. The summed E-state index contributed by atoms with van der Waals surface area (Å²) in [4.78, 5) is 4.39. The molecule has 0 aliphatic carbocycles. The van der Waals surface area contributed by atoms with Crippen LogP contribution in [-0.4, -0.2) is 9.55 Å². The Morgan fingerprint density at radius 2 is 1.84 bits per heavy atom. The number of para-hydroxylation sites is 1. The first-order valence-electron chi connectivity index (χ1n) is 8.04. The minimum Gasteiger partial charge on any atom is -0.485 e. The Morgan fingerprint density at radius 1 is 1.12 bits per heavy atom. The summed E-state index contributed by atoms with van der Waals surface area (Å²) in [7, 11) is 0. The Morgan fingerprint density at radius 3 is 2.48 bits per heavy atom. The van der Waals surface area contributed by atoms with Crippen molar-refractivity contribution in [3.05, 3.63) is 59.4 Å². The number of alkyl halides is 3. The first-order valence-corrected chi connectivity index (χ1v) is 8.04. The maximum absolute atomic E-state index is 12.9. The molecule has 0 atom stereocenters. The lowest BCUT2D eigenvalue weighted by atomic mass is 10.2. The van der Waals surface area contributed by atoms with Gasteiger partial charge in [-0.1, -0.05) is 18.2 Å². The lowest BCUT2D eigenvalue weighted by Gasteiger charge is -2.14. The first kappa shape index (κ1) is 17.3. The highest BCUT2D eigenvalue weighted by Gasteiger charge is 2.31. The largest absolute Gasteiger partial charge is 0.485 e. The summed E-state index contributed by atoms with van der Waals surface area (Å²) in [6.07, 6.45) is -4.38. The summed E-state index contributed by atoms with van der Waals surface area (Å²) in [5.41, 5.74) is 1.30. The molecule has 0 spiro atoms. The smallest absolute Gasteiger partial charge is 0.416 e. The van der Waals surface area contributed by atoms with Crippen molar-refractivity contribution in [3.63, 3.8) is 0 Å². The molecule has 1 aromatic heterocycles. The van der Waals surface area contributed by atoms with Crippen molar-refractivity contribution >= 4 is 11.0 Å². The van der Waals surface area contributed by atoms with E-state index in [0.29, 0.717) is 16.9 Å². The van der Waals surface area contributed by atoms with E-state index in [1.54, 1.807) is 0 Å². The van der Waals surface area contributed by atoms with E-state index in [-0.39, 0.29) is 12.6 Å². The molecule has 0 unspecified atom stereocenters. The molecule has 0 saturated heterocycles. The highest BCUT2D eigenvalue weighted by atomic mass is 19.4. The monoisotopic (exact) mass is 348 g/mol. The number of hydrogen-bond acceptors (Lipinski definition) is 2. The minimum atomic E-state index is -4.38. The summed E-state index contributed by atoms with van der Waals surface area (Å²) >= 11 is 0. The average Bonchev–Trinajstić information content (AvgIpc) is 2.90. The summed E-state index contributed by atoms with van der Waals surface area (Å²) in [5, 5.41) is 0. The van der Waals surface area contributed by atoms with Crippen LogP contribution in [0.2, 0.25) is 0 Å². The predicted molar refractivity (Wildman–Crippen MR) is 90.6 cm³/mol. The van der Waals surface area contributed by atoms with Gasteiger partial charge in [-0.3, -0.25) is 0 Å². The van der Waals surface area contributed by atoms with E-state index in [9.17, 15) is 13.2 Å². The van der Waals surface area contributed by atoms with Gasteiger partial charge in [0.15, 0.2) is 0 Å². The van der Waals surface area contributed by atoms with Crippen molar-refractivity contribution in [3.8, 4) is 5.75 Å². The molecule has 0 radical (unpaired) electrons. The third kappa shape index (κ3) is 3.48. The van der Waals surface area contributed by atoms with Gasteiger partial charge in [-0.05, 0) is 50.6 Å². The molecule has 6 heteroatoms. The number of benzene rings is 2. The number of nitrogens with zero attached hydrogens (tertiary/aromatic N) is 2. The number of aromatic nitrogens is 2. The van der Waals surface area contributed by atoms with Crippen LogP contribution in [0.25, 0.3) is 11.0 Å². The van der Waals surface area contributed by atoms with Crippen LogP contribution in [0.15, 0.2) is 42.5 Å². The van der Waals surface area contributed by atoms with Gasteiger partial charge in [-0.25, -0.2) is 4.98 Å². The molecule has 3 aromatic rings. The first-order chi connectivity index (χ1) is 11.8. The highest BCUT2D eigenvalue weighted by molar-refractivity contribution is 5.77. The summed E-state index contributed by atoms with van der Waals surface area (Å²) in [6, 6.07) is 11.3. The highest BCUT2D eigenvalue weighted by Crippen LogP contribution is 2.32. The van der Waals surface area contributed by atoms with E-state index in [4.69, 9.17) is 4.74 Å². The maximum Gasteiger partial charge on any atom is 0.416 e. The molecule has 0 N–H and O–H groups in total. The fraction of sp³-hybridized carbons (Fsp3) is 0.316. The molecule has 0 saturated carbocycles. The van der Waals surface area contributed by atoms with Crippen molar-refractivity contribution < 1.29 is 17.9 Å². The van der Waals surface area contributed by atoms with Crippen molar-refractivity contribution in [2.24, 2.45) is 0 Å². The molecule has 3 rings (SSSR count). The fourth-order valence-corrected chi connectivity index (χ4v) is 2.86. The number of halogens is 3. The number of rotatable bonds is 4. The number of aryl methyl sites for hydroxylation is 1. The minimum absolute atomic E-state index is 0.0530. The quantitative estimate of drug-likeness (QED) is 0.620. The van der Waals surface area contributed by atoms with Crippen molar-refractivity contribution in [2.75, 3.05) is 0 Å². The van der Waals surface area contributed by atoms with Gasteiger partial charge in [0, 0.05) is 6.04 Å². The zero-order valence-corrected chi connectivity index (χ0v) is 14.3. The van der Waals surface area contributed by atoms with Crippen molar-refractivity contribution in [1.82, 2.24) is 9.55 Å². The van der Waals surface area contributed by atoms with E-state index in [2.05, 4.69) is 4.98 Å². The molecule has 0 aliphatic rings. The van der Waals surface area contributed by atoms with E-state index < -0.39 is 11.7 Å². The molecule has 2 aromatic carbocycles. The third-order valence-corrected chi connectivity index (χ3v) is 4.06. The van der Waals surface area contributed by atoms with Crippen LogP contribution in [0.4, 0.5) is 13.2 Å². The molecule has 3 nitrogen and oxygen atoms in total. The van der Waals surface area contributed by atoms with Gasteiger partial charge in [-0.2, -0.15) is 13.2 Å². The summed E-state index contributed by atoms with van der Waals surface area (Å²) in [5.74, 6) is 1.34. The molecular formula is C19H19F3N2O. The number of hydrogen-bond donors (Lipinski definition) is 0. The molecule has 0 aliphatic heterocycles.